The first-order valence-corrected chi connectivity index (χ1v) is 9.37. The van der Waals surface area contributed by atoms with Crippen LogP contribution in [0.3, 0.4) is 0 Å². The number of ether oxygens (including phenoxy) is 2. The average molecular weight is 338 g/mol. The summed E-state index contributed by atoms with van der Waals surface area (Å²) in [6.07, 6.45) is 6.25. The van der Waals surface area contributed by atoms with Crippen molar-refractivity contribution in [2.75, 3.05) is 6.54 Å². The standard InChI is InChI=1S/C18H30N2O4/c1-4-8-14(21)20-11-13-16(24-18(2,3)23-13)15(20)17(22)19-12-9-6-5-7-10-12/h12-13,15-16H,4-11H2,1-3H3,(H,19,22)/t13-,15-,16-/m0/s1. The van der Waals surface area contributed by atoms with E-state index in [1.54, 1.807) is 4.90 Å². The number of likely N-dealkylation sites (tertiary alicyclic amines) is 1. The van der Waals surface area contributed by atoms with E-state index in [2.05, 4.69) is 5.32 Å². The number of rotatable bonds is 4. The summed E-state index contributed by atoms with van der Waals surface area (Å²) in [5, 5.41) is 3.16. The Bertz CT molecular complexity index is 487. The van der Waals surface area contributed by atoms with Gasteiger partial charge in [0.15, 0.2) is 5.79 Å². The minimum Gasteiger partial charge on any atom is -0.351 e. The molecular formula is C18H30N2O4. The van der Waals surface area contributed by atoms with Gasteiger partial charge < -0.3 is 19.7 Å². The Balaban J connectivity index is 1.73. The van der Waals surface area contributed by atoms with E-state index in [9.17, 15) is 9.59 Å². The Morgan fingerprint density at radius 3 is 2.54 bits per heavy atom. The molecule has 0 aromatic carbocycles. The molecule has 136 valence electrons. The van der Waals surface area contributed by atoms with Crippen LogP contribution in [0.2, 0.25) is 0 Å². The van der Waals surface area contributed by atoms with Gasteiger partial charge in [-0.15, -0.1) is 0 Å². The molecule has 0 spiro atoms. The van der Waals surface area contributed by atoms with Crippen molar-refractivity contribution < 1.29 is 19.1 Å². The Hall–Kier alpha value is -1.14. The molecule has 0 aromatic heterocycles. The van der Waals surface area contributed by atoms with Gasteiger partial charge in [-0.05, 0) is 33.1 Å². The van der Waals surface area contributed by atoms with E-state index in [4.69, 9.17) is 9.47 Å². The summed E-state index contributed by atoms with van der Waals surface area (Å²) in [6.45, 7) is 6.14. The Labute approximate surface area is 144 Å². The fraction of sp³-hybridized carbons (Fsp3) is 0.889. The summed E-state index contributed by atoms with van der Waals surface area (Å²) in [7, 11) is 0. The van der Waals surface area contributed by atoms with Crippen LogP contribution in [-0.2, 0) is 19.1 Å². The van der Waals surface area contributed by atoms with Crippen molar-refractivity contribution in [3.05, 3.63) is 0 Å². The van der Waals surface area contributed by atoms with Crippen molar-refractivity contribution >= 4 is 11.8 Å². The molecular weight excluding hydrogens is 308 g/mol. The molecule has 0 unspecified atom stereocenters. The van der Waals surface area contributed by atoms with E-state index in [0.29, 0.717) is 13.0 Å². The molecule has 0 bridgehead atoms. The van der Waals surface area contributed by atoms with E-state index in [0.717, 1.165) is 32.1 Å². The Morgan fingerprint density at radius 1 is 1.17 bits per heavy atom. The van der Waals surface area contributed by atoms with Gasteiger partial charge in [0.25, 0.3) is 0 Å². The molecule has 6 heteroatoms. The van der Waals surface area contributed by atoms with E-state index in [1.807, 2.05) is 20.8 Å². The maximum absolute atomic E-state index is 12.9. The average Bonchev–Trinajstić information content (AvgIpc) is 3.00. The summed E-state index contributed by atoms with van der Waals surface area (Å²) >= 11 is 0. The van der Waals surface area contributed by atoms with Crippen LogP contribution in [0.4, 0.5) is 0 Å². The number of hydrogen-bond donors (Lipinski definition) is 1. The van der Waals surface area contributed by atoms with Crippen molar-refractivity contribution in [1.82, 2.24) is 10.2 Å². The lowest BCUT2D eigenvalue weighted by Crippen LogP contribution is -2.53. The molecule has 0 radical (unpaired) electrons. The molecule has 3 rings (SSSR count). The predicted octanol–water partition coefficient (Wildman–Crippen LogP) is 1.97. The van der Waals surface area contributed by atoms with Gasteiger partial charge in [0.2, 0.25) is 11.8 Å². The highest BCUT2D eigenvalue weighted by Gasteiger charge is 2.56. The van der Waals surface area contributed by atoms with Crippen molar-refractivity contribution in [3.63, 3.8) is 0 Å². The van der Waals surface area contributed by atoms with Gasteiger partial charge in [0, 0.05) is 12.5 Å². The summed E-state index contributed by atoms with van der Waals surface area (Å²) in [4.78, 5) is 27.1. The van der Waals surface area contributed by atoms with Crippen LogP contribution in [0, 0.1) is 0 Å². The first-order chi connectivity index (χ1) is 11.4. The SMILES string of the molecule is CCCC(=O)N1C[C@@H]2OC(C)(C)O[C@@H]2[C@H]1C(=O)NC1CCCCC1. The Kier molecular flexibility index (Phi) is 5.16. The molecule has 1 aliphatic carbocycles. The third-order valence-electron chi connectivity index (χ3n) is 5.25. The number of nitrogens with one attached hydrogen (secondary N) is 1. The van der Waals surface area contributed by atoms with E-state index in [-0.39, 0.29) is 30.1 Å². The molecule has 0 aromatic rings. The lowest BCUT2D eigenvalue weighted by atomic mass is 9.95. The number of amides is 2. The highest BCUT2D eigenvalue weighted by molar-refractivity contribution is 5.89. The first kappa shape index (κ1) is 17.7. The largest absolute Gasteiger partial charge is 0.351 e. The third-order valence-corrected chi connectivity index (χ3v) is 5.25. The molecule has 3 atom stereocenters. The van der Waals surface area contributed by atoms with Crippen LogP contribution in [0.5, 0.6) is 0 Å². The maximum Gasteiger partial charge on any atom is 0.245 e. The fourth-order valence-corrected chi connectivity index (χ4v) is 4.20. The molecule has 2 aliphatic heterocycles. The molecule has 1 N–H and O–H groups in total. The van der Waals surface area contributed by atoms with Gasteiger partial charge in [0.05, 0.1) is 6.54 Å². The molecule has 3 fully saturated rings. The van der Waals surface area contributed by atoms with E-state index in [1.165, 1.54) is 6.42 Å². The highest BCUT2D eigenvalue weighted by atomic mass is 16.8. The molecule has 24 heavy (non-hydrogen) atoms. The topological polar surface area (TPSA) is 67.9 Å². The third kappa shape index (κ3) is 3.59. The lowest BCUT2D eigenvalue weighted by molar-refractivity contribution is -0.170. The van der Waals surface area contributed by atoms with Crippen molar-refractivity contribution in [2.45, 2.75) is 95.8 Å². The number of carbonyl (C=O) groups excluding carboxylic acids is 2. The summed E-state index contributed by atoms with van der Waals surface area (Å²) in [6, 6.07) is -0.346. The minimum atomic E-state index is -0.696. The maximum atomic E-state index is 12.9. The van der Waals surface area contributed by atoms with Crippen molar-refractivity contribution in [1.29, 1.82) is 0 Å². The first-order valence-electron chi connectivity index (χ1n) is 9.37. The zero-order valence-electron chi connectivity index (χ0n) is 15.0. The molecule has 2 saturated heterocycles. The number of hydrogen-bond acceptors (Lipinski definition) is 4. The summed E-state index contributed by atoms with van der Waals surface area (Å²) < 4.78 is 11.9. The second-order valence-electron chi connectivity index (χ2n) is 7.72. The normalized spacial score (nSPS) is 32.6. The quantitative estimate of drug-likeness (QED) is 0.851. The van der Waals surface area contributed by atoms with Crippen molar-refractivity contribution in [2.24, 2.45) is 0 Å². The monoisotopic (exact) mass is 338 g/mol. The fourth-order valence-electron chi connectivity index (χ4n) is 4.20. The highest BCUT2D eigenvalue weighted by Crippen LogP contribution is 2.37. The van der Waals surface area contributed by atoms with E-state index < -0.39 is 11.8 Å². The number of carbonyl (C=O) groups is 2. The number of nitrogens with zero attached hydrogens (tertiary/aromatic N) is 1. The zero-order valence-corrected chi connectivity index (χ0v) is 15.0. The van der Waals surface area contributed by atoms with Gasteiger partial charge in [-0.25, -0.2) is 0 Å². The zero-order chi connectivity index (χ0) is 17.3. The van der Waals surface area contributed by atoms with Gasteiger partial charge in [-0.1, -0.05) is 26.2 Å². The van der Waals surface area contributed by atoms with Crippen LogP contribution in [-0.4, -0.2) is 53.3 Å². The van der Waals surface area contributed by atoms with Gasteiger partial charge in [0.1, 0.15) is 18.2 Å². The predicted molar refractivity (Wildman–Crippen MR) is 89.2 cm³/mol. The van der Waals surface area contributed by atoms with Crippen molar-refractivity contribution in [3.8, 4) is 0 Å². The van der Waals surface area contributed by atoms with Crippen LogP contribution in [0.1, 0.15) is 65.7 Å². The summed E-state index contributed by atoms with van der Waals surface area (Å²) in [5.41, 5.74) is 0. The van der Waals surface area contributed by atoms with Crippen LogP contribution >= 0.6 is 0 Å². The van der Waals surface area contributed by atoms with Crippen LogP contribution < -0.4 is 5.32 Å². The number of fused-ring (bicyclic) bond motifs is 1. The second kappa shape index (κ2) is 7.00. The second-order valence-corrected chi connectivity index (χ2v) is 7.72. The summed E-state index contributed by atoms with van der Waals surface area (Å²) in [5.74, 6) is -0.764. The van der Waals surface area contributed by atoms with Gasteiger partial charge in [-0.2, -0.15) is 0 Å². The molecule has 2 heterocycles. The molecule has 6 nitrogen and oxygen atoms in total. The van der Waals surface area contributed by atoms with Gasteiger partial charge in [-0.3, -0.25) is 9.59 Å². The van der Waals surface area contributed by atoms with Crippen LogP contribution in [0.25, 0.3) is 0 Å². The molecule has 1 saturated carbocycles. The minimum absolute atomic E-state index is 0.0145. The molecule has 3 aliphatic rings. The van der Waals surface area contributed by atoms with Crippen LogP contribution in [0.15, 0.2) is 0 Å². The lowest BCUT2D eigenvalue weighted by Gasteiger charge is -2.31. The van der Waals surface area contributed by atoms with Gasteiger partial charge >= 0.3 is 0 Å². The Morgan fingerprint density at radius 2 is 1.88 bits per heavy atom. The smallest absolute Gasteiger partial charge is 0.245 e. The van der Waals surface area contributed by atoms with E-state index >= 15 is 0 Å². The molecule has 2 amide bonds.